The number of nitrogens with one attached hydrogen (secondary N) is 2. The van der Waals surface area contributed by atoms with Gasteiger partial charge in [-0.05, 0) is 51.7 Å². The maximum absolute atomic E-state index is 13.6. The molecule has 2 fully saturated rings. The summed E-state index contributed by atoms with van der Waals surface area (Å²) in [6.07, 6.45) is 5.32. The number of aryl methyl sites for hydroxylation is 1. The summed E-state index contributed by atoms with van der Waals surface area (Å²) in [5.41, 5.74) is 1.44. The van der Waals surface area contributed by atoms with Gasteiger partial charge in [0.25, 0.3) is 5.91 Å². The van der Waals surface area contributed by atoms with Gasteiger partial charge in [-0.1, -0.05) is 29.8 Å². The number of ether oxygens (including phenoxy) is 2. The molecule has 182 valence electrons. The number of rotatable bonds is 6. The van der Waals surface area contributed by atoms with Gasteiger partial charge in [0.2, 0.25) is 18.1 Å². The summed E-state index contributed by atoms with van der Waals surface area (Å²) in [6.45, 7) is 4.02. The molecule has 3 heterocycles. The van der Waals surface area contributed by atoms with Gasteiger partial charge in [-0.25, -0.2) is 0 Å². The number of fused-ring (bicyclic) bond motifs is 1. The van der Waals surface area contributed by atoms with Crippen molar-refractivity contribution in [2.24, 2.45) is 0 Å². The van der Waals surface area contributed by atoms with Crippen molar-refractivity contribution in [3.05, 3.63) is 47.5 Å². The Hall–Kier alpha value is -3.20. The number of amides is 3. The van der Waals surface area contributed by atoms with Crippen LogP contribution in [0.4, 0.5) is 0 Å². The first-order valence-electron chi connectivity index (χ1n) is 11.8. The number of carbonyl (C=O) groups excluding carboxylic acids is 4. The van der Waals surface area contributed by atoms with E-state index in [0.29, 0.717) is 37.9 Å². The van der Waals surface area contributed by atoms with Crippen molar-refractivity contribution in [3.63, 3.8) is 0 Å². The summed E-state index contributed by atoms with van der Waals surface area (Å²) in [6, 6.07) is 5.01. The first kappa shape index (κ1) is 23.9. The number of carbonyl (C=O) groups is 4. The van der Waals surface area contributed by atoms with E-state index in [0.717, 1.165) is 5.56 Å². The fourth-order valence-electron chi connectivity index (χ4n) is 4.87. The summed E-state index contributed by atoms with van der Waals surface area (Å²) in [4.78, 5) is 53.0. The standard InChI is InChI=1S/C25H31N3O6/c1-3-33-25-19(14-21(29)34-25)27-23(31)20-12-11-17-9-4-5-10-18(24(32)28(17)20)26-22(30)16-8-6-7-15(2)13-16/h4-8,13,17-20,25H,3,9-12,14H2,1-2H3,(H,26,30)(H,27,31)/b5-4-/t17-,18+,19?,20+,25?/m1/s1. The van der Waals surface area contributed by atoms with Crippen molar-refractivity contribution in [2.45, 2.75) is 76.4 Å². The zero-order chi connectivity index (χ0) is 24.2. The number of hydrogen-bond acceptors (Lipinski definition) is 6. The van der Waals surface area contributed by atoms with Crippen LogP contribution >= 0.6 is 0 Å². The summed E-state index contributed by atoms with van der Waals surface area (Å²) in [5, 5.41) is 5.71. The van der Waals surface area contributed by atoms with E-state index in [-0.39, 0.29) is 30.2 Å². The Kier molecular flexibility index (Phi) is 7.31. The van der Waals surface area contributed by atoms with Crippen molar-refractivity contribution in [3.8, 4) is 0 Å². The van der Waals surface area contributed by atoms with Crippen LogP contribution in [0.1, 0.15) is 54.9 Å². The molecular weight excluding hydrogens is 438 g/mol. The van der Waals surface area contributed by atoms with Crippen LogP contribution in [-0.2, 0) is 23.9 Å². The first-order valence-corrected chi connectivity index (χ1v) is 11.8. The number of nitrogens with zero attached hydrogens (tertiary/aromatic N) is 1. The third-order valence-electron chi connectivity index (χ3n) is 6.51. The number of hydrogen-bond donors (Lipinski definition) is 2. The summed E-state index contributed by atoms with van der Waals surface area (Å²) in [5.74, 6) is -1.36. The van der Waals surface area contributed by atoms with E-state index in [2.05, 4.69) is 10.6 Å². The molecule has 1 aromatic rings. The van der Waals surface area contributed by atoms with Gasteiger partial charge in [-0.3, -0.25) is 19.2 Å². The van der Waals surface area contributed by atoms with Gasteiger partial charge >= 0.3 is 5.97 Å². The molecule has 2 unspecified atom stereocenters. The molecule has 3 amide bonds. The molecule has 0 spiro atoms. The van der Waals surface area contributed by atoms with Crippen molar-refractivity contribution >= 4 is 23.7 Å². The molecule has 2 saturated heterocycles. The maximum Gasteiger partial charge on any atom is 0.310 e. The highest BCUT2D eigenvalue weighted by molar-refractivity contribution is 5.99. The van der Waals surface area contributed by atoms with Gasteiger partial charge in [0, 0.05) is 18.2 Å². The van der Waals surface area contributed by atoms with Gasteiger partial charge in [0.15, 0.2) is 0 Å². The molecule has 9 nitrogen and oxygen atoms in total. The average molecular weight is 470 g/mol. The average Bonchev–Trinajstić information content (AvgIpc) is 3.37. The molecule has 0 aromatic heterocycles. The number of esters is 1. The summed E-state index contributed by atoms with van der Waals surface area (Å²) >= 11 is 0. The van der Waals surface area contributed by atoms with Gasteiger partial charge in [-0.15, -0.1) is 0 Å². The molecular formula is C25H31N3O6. The lowest BCUT2D eigenvalue weighted by molar-refractivity contribution is -0.164. The molecule has 4 rings (SSSR count). The summed E-state index contributed by atoms with van der Waals surface area (Å²) < 4.78 is 10.6. The van der Waals surface area contributed by atoms with Crippen LogP contribution in [-0.4, -0.2) is 65.7 Å². The minimum absolute atomic E-state index is 0.0262. The van der Waals surface area contributed by atoms with E-state index < -0.39 is 30.4 Å². The quantitative estimate of drug-likeness (QED) is 0.483. The lowest BCUT2D eigenvalue weighted by Gasteiger charge is -2.34. The van der Waals surface area contributed by atoms with Crippen molar-refractivity contribution in [1.29, 1.82) is 0 Å². The van der Waals surface area contributed by atoms with Crippen molar-refractivity contribution < 1.29 is 28.7 Å². The zero-order valence-electron chi connectivity index (χ0n) is 19.5. The normalized spacial score (nSPS) is 29.6. The largest absolute Gasteiger partial charge is 0.433 e. The SMILES string of the molecule is CCOC1OC(=O)CC1NC(=O)[C@@H]1CC[C@H]2C/C=C\C[C@H](NC(=O)c3cccc(C)c3)C(=O)N21. The fourth-order valence-corrected chi connectivity index (χ4v) is 4.87. The molecule has 3 aliphatic heterocycles. The van der Waals surface area contributed by atoms with Gasteiger partial charge in [-0.2, -0.15) is 0 Å². The van der Waals surface area contributed by atoms with E-state index in [1.165, 1.54) is 0 Å². The second kappa shape index (κ2) is 10.4. The second-order valence-electron chi connectivity index (χ2n) is 8.96. The molecule has 9 heteroatoms. The van der Waals surface area contributed by atoms with Gasteiger partial charge < -0.3 is 25.0 Å². The van der Waals surface area contributed by atoms with E-state index in [1.54, 1.807) is 30.0 Å². The van der Waals surface area contributed by atoms with Crippen molar-refractivity contribution in [1.82, 2.24) is 15.5 Å². The van der Waals surface area contributed by atoms with E-state index in [4.69, 9.17) is 9.47 Å². The fraction of sp³-hybridized carbons (Fsp3) is 0.520. The third kappa shape index (κ3) is 5.14. The summed E-state index contributed by atoms with van der Waals surface area (Å²) in [7, 11) is 0. The number of cyclic esters (lactones) is 1. The second-order valence-corrected chi connectivity index (χ2v) is 8.96. The lowest BCUT2D eigenvalue weighted by Crippen LogP contribution is -2.57. The van der Waals surface area contributed by atoms with Crippen LogP contribution in [0.2, 0.25) is 0 Å². The van der Waals surface area contributed by atoms with Crippen LogP contribution < -0.4 is 10.6 Å². The molecule has 34 heavy (non-hydrogen) atoms. The topological polar surface area (TPSA) is 114 Å². The van der Waals surface area contributed by atoms with E-state index >= 15 is 0 Å². The highest BCUT2D eigenvalue weighted by atomic mass is 16.7. The monoisotopic (exact) mass is 469 g/mol. The van der Waals surface area contributed by atoms with Gasteiger partial charge in [0.1, 0.15) is 18.1 Å². The van der Waals surface area contributed by atoms with Crippen molar-refractivity contribution in [2.75, 3.05) is 6.61 Å². The Balaban J connectivity index is 1.48. The Morgan fingerprint density at radius 2 is 1.94 bits per heavy atom. The Morgan fingerprint density at radius 1 is 1.15 bits per heavy atom. The Bertz CT molecular complexity index is 993. The number of benzene rings is 1. The molecule has 5 atom stereocenters. The van der Waals surface area contributed by atoms with Crippen LogP contribution in [0, 0.1) is 6.92 Å². The molecule has 0 bridgehead atoms. The predicted molar refractivity (Wildman–Crippen MR) is 123 cm³/mol. The lowest BCUT2D eigenvalue weighted by atomic mass is 10.0. The molecule has 0 radical (unpaired) electrons. The van der Waals surface area contributed by atoms with Crippen LogP contribution in [0.15, 0.2) is 36.4 Å². The van der Waals surface area contributed by atoms with Crippen LogP contribution in [0.5, 0.6) is 0 Å². The highest BCUT2D eigenvalue weighted by Crippen LogP contribution is 2.30. The molecule has 0 aliphatic carbocycles. The van der Waals surface area contributed by atoms with Crippen LogP contribution in [0.3, 0.4) is 0 Å². The highest BCUT2D eigenvalue weighted by Gasteiger charge is 2.45. The third-order valence-corrected chi connectivity index (χ3v) is 6.51. The van der Waals surface area contributed by atoms with Gasteiger partial charge in [0.05, 0.1) is 6.42 Å². The first-order chi connectivity index (χ1) is 16.4. The van der Waals surface area contributed by atoms with E-state index in [1.807, 2.05) is 25.1 Å². The minimum Gasteiger partial charge on any atom is -0.433 e. The predicted octanol–water partition coefficient (Wildman–Crippen LogP) is 1.60. The van der Waals surface area contributed by atoms with E-state index in [9.17, 15) is 19.2 Å². The molecule has 2 N–H and O–H groups in total. The smallest absolute Gasteiger partial charge is 0.310 e. The molecule has 3 aliphatic rings. The van der Waals surface area contributed by atoms with Crippen LogP contribution in [0.25, 0.3) is 0 Å². The Morgan fingerprint density at radius 3 is 2.71 bits per heavy atom. The molecule has 0 saturated carbocycles. The minimum atomic E-state index is -0.828. The Labute approximate surface area is 198 Å². The zero-order valence-corrected chi connectivity index (χ0v) is 19.5. The maximum atomic E-state index is 13.6. The molecule has 1 aromatic carbocycles.